The van der Waals surface area contributed by atoms with Crippen molar-refractivity contribution in [2.75, 3.05) is 0 Å². The average molecular weight is 429 g/mol. The van der Waals surface area contributed by atoms with Crippen molar-refractivity contribution < 1.29 is 19.6 Å². The Morgan fingerprint density at radius 3 is 1.37 bits per heavy atom. The van der Waals surface area contributed by atoms with Crippen LogP contribution in [0.3, 0.4) is 0 Å². The van der Waals surface area contributed by atoms with E-state index in [1.54, 1.807) is 0 Å². The molecule has 0 saturated heterocycles. The van der Waals surface area contributed by atoms with Crippen LogP contribution in [0.1, 0.15) is 103 Å². The van der Waals surface area contributed by atoms with Crippen LogP contribution in [0.4, 0.5) is 0 Å². The van der Waals surface area contributed by atoms with Gasteiger partial charge in [0.2, 0.25) is 0 Å². The molecule has 171 valence electrons. The van der Waals surface area contributed by atoms with Crippen molar-refractivity contribution in [2.24, 2.45) is 0 Å². The largest absolute Gasteiger partial charge is 0.699 e. The number of unbranched alkanes of at least 4 members (excludes halogenated alkanes) is 13. The van der Waals surface area contributed by atoms with Crippen molar-refractivity contribution in [3.63, 3.8) is 0 Å². The van der Waals surface area contributed by atoms with Gasteiger partial charge in [-0.25, -0.2) is 0 Å². The highest BCUT2D eigenvalue weighted by molar-refractivity contribution is 5.50. The molecule has 0 aliphatic rings. The molecular formula is C20H34N3O7. The van der Waals surface area contributed by atoms with Crippen LogP contribution in [0.15, 0.2) is 12.2 Å². The molecule has 0 aliphatic carbocycles. The number of allylic oxidation sites excluding steroid dienone is 2. The molecule has 0 aromatic rings. The summed E-state index contributed by atoms with van der Waals surface area (Å²) < 4.78 is 0. The van der Waals surface area contributed by atoms with E-state index >= 15 is 0 Å². The van der Waals surface area contributed by atoms with Crippen LogP contribution in [0.25, 0.3) is 0 Å². The van der Waals surface area contributed by atoms with Gasteiger partial charge in [0.05, 0.1) is 0 Å². The highest BCUT2D eigenvalue weighted by atomic mass is 16.7. The summed E-state index contributed by atoms with van der Waals surface area (Å²) >= 11 is 0. The van der Waals surface area contributed by atoms with Crippen molar-refractivity contribution in [3.8, 4) is 0 Å². The van der Waals surface area contributed by atoms with Gasteiger partial charge >= 0.3 is 5.79 Å². The van der Waals surface area contributed by atoms with E-state index in [1.807, 2.05) is 6.29 Å². The van der Waals surface area contributed by atoms with Crippen LogP contribution >= 0.6 is 0 Å². The van der Waals surface area contributed by atoms with Gasteiger partial charge in [0, 0.05) is 6.42 Å². The van der Waals surface area contributed by atoms with E-state index in [-0.39, 0.29) is 6.42 Å². The van der Waals surface area contributed by atoms with E-state index in [9.17, 15) is 35.1 Å². The first-order valence-electron chi connectivity index (χ1n) is 10.8. The minimum absolute atomic E-state index is 0.0777. The molecule has 0 atom stereocenters. The van der Waals surface area contributed by atoms with Gasteiger partial charge in [0.25, 0.3) is 0 Å². The molecule has 0 rings (SSSR count). The lowest BCUT2D eigenvalue weighted by Crippen LogP contribution is -2.53. The Kier molecular flexibility index (Phi) is 16.1. The van der Waals surface area contributed by atoms with Gasteiger partial charge in [-0.05, 0) is 38.5 Å². The molecule has 0 aromatic heterocycles. The van der Waals surface area contributed by atoms with Crippen molar-refractivity contribution in [1.82, 2.24) is 0 Å². The Hall–Kier alpha value is -2.39. The topological polar surface area (TPSA) is 146 Å². The highest BCUT2D eigenvalue weighted by Gasteiger charge is 2.69. The lowest BCUT2D eigenvalue weighted by Gasteiger charge is -2.08. The van der Waals surface area contributed by atoms with Crippen LogP contribution in [0.5, 0.6) is 0 Å². The Balaban J connectivity index is 3.63. The predicted octanol–water partition coefficient (Wildman–Crippen LogP) is 5.38. The number of carbonyl (C=O) groups excluding carboxylic acids is 1. The van der Waals surface area contributed by atoms with E-state index < -0.39 is 27.0 Å². The smallest absolute Gasteiger partial charge is 0.291 e. The molecule has 0 saturated carbocycles. The maximum atomic E-state index is 10.8. The summed E-state index contributed by atoms with van der Waals surface area (Å²) in [5.41, 5.74) is 0. The maximum Gasteiger partial charge on any atom is 0.699 e. The van der Waals surface area contributed by atoms with Gasteiger partial charge in [-0.2, -0.15) is 0 Å². The molecule has 0 spiro atoms. The van der Waals surface area contributed by atoms with Gasteiger partial charge in [-0.3, -0.25) is 35.1 Å². The van der Waals surface area contributed by atoms with Crippen LogP contribution in [0.2, 0.25) is 0 Å². The summed E-state index contributed by atoms with van der Waals surface area (Å²) in [6, 6.07) is 0. The van der Waals surface area contributed by atoms with E-state index in [1.165, 1.54) is 32.1 Å². The summed E-state index contributed by atoms with van der Waals surface area (Å²) in [4.78, 5) is 38.3. The average Bonchev–Trinajstić information content (AvgIpc) is 2.69. The minimum atomic E-state index is -3.32. The minimum Gasteiger partial charge on any atom is -0.291 e. The third-order valence-corrected chi connectivity index (χ3v) is 5.08. The fourth-order valence-electron chi connectivity index (χ4n) is 3.21. The monoisotopic (exact) mass is 428 g/mol. The first-order valence-corrected chi connectivity index (χ1v) is 10.8. The summed E-state index contributed by atoms with van der Waals surface area (Å²) in [6.07, 6.45) is 19.3. The number of rotatable bonds is 21. The van der Waals surface area contributed by atoms with Crippen LogP contribution in [-0.2, 0) is 4.79 Å². The molecule has 0 fully saturated rings. The zero-order chi connectivity index (χ0) is 22.7. The molecule has 0 aromatic carbocycles. The zero-order valence-electron chi connectivity index (χ0n) is 17.7. The Morgan fingerprint density at radius 1 is 0.600 bits per heavy atom. The molecule has 10 nitrogen and oxygen atoms in total. The Labute approximate surface area is 177 Å². The van der Waals surface area contributed by atoms with Gasteiger partial charge in [-0.15, -0.1) is 0 Å². The second-order valence-electron chi connectivity index (χ2n) is 7.48. The zero-order valence-corrected chi connectivity index (χ0v) is 17.7. The normalized spacial score (nSPS) is 11.6. The van der Waals surface area contributed by atoms with E-state index in [2.05, 4.69) is 12.2 Å². The number of hydrogen-bond donors (Lipinski definition) is 0. The molecule has 0 N–H and O–H groups in total. The summed E-state index contributed by atoms with van der Waals surface area (Å²) in [6.45, 7) is 0. The number of nitro groups is 3. The summed E-state index contributed by atoms with van der Waals surface area (Å²) in [5.74, 6) is -3.32. The molecule has 0 amide bonds. The van der Waals surface area contributed by atoms with E-state index in [0.29, 0.717) is 12.8 Å². The van der Waals surface area contributed by atoms with Crippen molar-refractivity contribution in [2.45, 2.75) is 109 Å². The molecule has 1 radical (unpaired) electrons. The van der Waals surface area contributed by atoms with E-state index in [4.69, 9.17) is 0 Å². The second-order valence-corrected chi connectivity index (χ2v) is 7.48. The standard InChI is InChI=1S/C20H34N3O7/c24-19-17-15-13-11-9-7-5-3-1-2-4-6-8-10-12-14-16-18-20(21(25)26,22(27)28)23(29)30/h2,4H,1,3,5-18H2/b4-2-. The molecule has 0 bridgehead atoms. The molecule has 0 unspecified atom stereocenters. The summed E-state index contributed by atoms with van der Waals surface area (Å²) in [7, 11) is 0. The first kappa shape index (κ1) is 27.6. The predicted molar refractivity (Wildman–Crippen MR) is 112 cm³/mol. The van der Waals surface area contributed by atoms with Crippen molar-refractivity contribution in [1.29, 1.82) is 0 Å². The summed E-state index contributed by atoms with van der Waals surface area (Å²) in [5, 5.41) is 32.5. The second kappa shape index (κ2) is 17.5. The number of nitrogens with zero attached hydrogens (tertiary/aromatic N) is 3. The van der Waals surface area contributed by atoms with Crippen molar-refractivity contribution >= 4 is 6.29 Å². The Bertz CT molecular complexity index is 516. The number of hydrogen-bond acceptors (Lipinski definition) is 7. The quantitative estimate of drug-likeness (QED) is 0.0783. The van der Waals surface area contributed by atoms with Gasteiger partial charge in [-0.1, -0.05) is 63.5 Å². The first-order chi connectivity index (χ1) is 14.4. The maximum absolute atomic E-state index is 10.8. The van der Waals surface area contributed by atoms with Gasteiger partial charge < -0.3 is 0 Å². The third kappa shape index (κ3) is 11.6. The Morgan fingerprint density at radius 2 is 0.967 bits per heavy atom. The molecule has 0 aliphatic heterocycles. The molecule has 10 heteroatoms. The van der Waals surface area contributed by atoms with E-state index in [0.717, 1.165) is 44.9 Å². The molecule has 30 heavy (non-hydrogen) atoms. The lowest BCUT2D eigenvalue weighted by molar-refractivity contribution is -0.970. The van der Waals surface area contributed by atoms with Crippen molar-refractivity contribution in [3.05, 3.63) is 42.5 Å². The SMILES string of the molecule is O=[C]CCCCCCCCC/C=C\CCCCCCCC([N+](=O)[O-])([N+](=O)[O-])[N+](=O)[O-]. The fraction of sp³-hybridized carbons (Fsp3) is 0.850. The molecular weight excluding hydrogens is 394 g/mol. The van der Waals surface area contributed by atoms with Crippen LogP contribution in [-0.4, -0.2) is 26.8 Å². The van der Waals surface area contributed by atoms with Crippen LogP contribution < -0.4 is 0 Å². The highest BCUT2D eigenvalue weighted by Crippen LogP contribution is 2.21. The third-order valence-electron chi connectivity index (χ3n) is 5.08. The molecule has 0 heterocycles. The van der Waals surface area contributed by atoms with Gasteiger partial charge in [0.15, 0.2) is 27.5 Å². The van der Waals surface area contributed by atoms with Gasteiger partial charge in [0.1, 0.15) is 0 Å². The fourth-order valence-corrected chi connectivity index (χ4v) is 3.21. The lowest BCUT2D eigenvalue weighted by atomic mass is 10.1. The van der Waals surface area contributed by atoms with Crippen LogP contribution in [0, 0.1) is 30.3 Å².